The molecule has 0 bridgehead atoms. The van der Waals surface area contributed by atoms with E-state index in [1.54, 1.807) is 4.68 Å². The van der Waals surface area contributed by atoms with E-state index in [9.17, 15) is 4.79 Å². The average Bonchev–Trinajstić information content (AvgIpc) is 2.78. The number of nitrogens with one attached hydrogen (secondary N) is 2. The Morgan fingerprint density at radius 1 is 1.43 bits per heavy atom. The Hall–Kier alpha value is -1.41. The van der Waals surface area contributed by atoms with E-state index in [1.807, 2.05) is 12.3 Å². The molecule has 1 saturated heterocycles. The first-order valence-electron chi connectivity index (χ1n) is 7.17. The molecule has 2 heterocycles. The van der Waals surface area contributed by atoms with Gasteiger partial charge in [-0.25, -0.2) is 10.2 Å². The number of nitrogens with zero attached hydrogens (tertiary/aromatic N) is 1. The molecule has 106 valence electrons. The van der Waals surface area contributed by atoms with Gasteiger partial charge in [0.25, 0.3) is 0 Å². The molecule has 0 radical (unpaired) electrons. The Balaban J connectivity index is 0.00000132. The van der Waals surface area contributed by atoms with Gasteiger partial charge in [-0.05, 0) is 43.0 Å². The molecule has 1 aromatic carbocycles. The van der Waals surface area contributed by atoms with E-state index >= 15 is 0 Å². The number of nitrogens with two attached hydrogens (primary N) is 1. The van der Waals surface area contributed by atoms with Crippen molar-refractivity contribution in [3.05, 3.63) is 35.5 Å². The van der Waals surface area contributed by atoms with E-state index < -0.39 is 6.03 Å². The van der Waals surface area contributed by atoms with Gasteiger partial charge in [-0.15, -0.1) is 0 Å². The molecular weight excluding hydrogens is 259 g/mol. The molecule has 6 heteroatoms. The average molecular weight is 278 g/mol. The van der Waals surface area contributed by atoms with Gasteiger partial charge in [0.2, 0.25) is 0 Å². The zero-order valence-corrected chi connectivity index (χ0v) is 11.2. The molecule has 0 unspecified atom stereocenters. The van der Waals surface area contributed by atoms with Crippen molar-refractivity contribution in [3.63, 3.8) is 0 Å². The van der Waals surface area contributed by atoms with E-state index in [0.717, 1.165) is 18.5 Å². The van der Waals surface area contributed by atoms with Crippen LogP contribution in [0.4, 0.5) is 4.79 Å². The molecule has 2 amide bonds. The number of hydrogen-bond acceptors (Lipinski definition) is 2. The summed E-state index contributed by atoms with van der Waals surface area (Å²) in [5, 5.41) is 4.93. The summed E-state index contributed by atoms with van der Waals surface area (Å²) in [6.07, 6.45) is 5.49. The quantitative estimate of drug-likeness (QED) is 0.681. The van der Waals surface area contributed by atoms with E-state index in [0.29, 0.717) is 12.0 Å². The van der Waals surface area contributed by atoms with E-state index in [2.05, 4.69) is 22.9 Å². The first-order valence-corrected chi connectivity index (χ1v) is 7.17. The van der Waals surface area contributed by atoms with Crippen molar-refractivity contribution >= 4 is 35.8 Å². The van der Waals surface area contributed by atoms with Crippen LogP contribution in [0.25, 0.3) is 10.9 Å². The van der Waals surface area contributed by atoms with Crippen molar-refractivity contribution in [2.24, 2.45) is 5.73 Å². The standard InChI is InChI=1S/C15H18N4O.Li.H/c16-15(20)18-19-8-9-7-12-10(4-2-6-17-12)11-3-1-5-13(19)14(9)11;;/h1,3,5,8,10,12,17H,2,4,6-7H2,(H3,16,18,20);;/t10-,12-;;/m1../s1. The Kier molecular flexibility index (Phi) is 3.74. The van der Waals surface area contributed by atoms with Gasteiger partial charge in [0.1, 0.15) is 0 Å². The van der Waals surface area contributed by atoms with Crippen molar-refractivity contribution in [1.29, 1.82) is 0 Å². The van der Waals surface area contributed by atoms with Crippen LogP contribution in [0.5, 0.6) is 0 Å². The van der Waals surface area contributed by atoms with E-state index in [-0.39, 0.29) is 18.9 Å². The molecule has 1 aliphatic carbocycles. The van der Waals surface area contributed by atoms with Crippen LogP contribution in [0.15, 0.2) is 24.4 Å². The number of aromatic nitrogens is 1. The molecule has 2 atom stereocenters. The first kappa shape index (κ1) is 14.5. The van der Waals surface area contributed by atoms with Crippen LogP contribution in [0.3, 0.4) is 0 Å². The van der Waals surface area contributed by atoms with Crippen LogP contribution in [0, 0.1) is 0 Å². The Morgan fingerprint density at radius 2 is 2.29 bits per heavy atom. The van der Waals surface area contributed by atoms with Crippen LogP contribution in [-0.2, 0) is 6.42 Å². The van der Waals surface area contributed by atoms with Crippen molar-refractivity contribution in [3.8, 4) is 0 Å². The van der Waals surface area contributed by atoms with Crippen LogP contribution in [0.2, 0.25) is 0 Å². The second kappa shape index (κ2) is 5.41. The summed E-state index contributed by atoms with van der Waals surface area (Å²) < 4.78 is 1.76. The molecule has 5 nitrogen and oxygen atoms in total. The zero-order valence-electron chi connectivity index (χ0n) is 11.2. The fourth-order valence-corrected chi connectivity index (χ4v) is 3.85. The fraction of sp³-hybridized carbons (Fsp3) is 0.400. The number of carbonyl (C=O) groups excluding carboxylic acids is 1. The number of hydrogen-bond donors (Lipinski definition) is 3. The van der Waals surface area contributed by atoms with Crippen LogP contribution >= 0.6 is 0 Å². The number of fused-ring (bicyclic) bond motifs is 2. The molecular formula is C15H19LiN4O. The summed E-state index contributed by atoms with van der Waals surface area (Å²) >= 11 is 0. The van der Waals surface area contributed by atoms with Gasteiger partial charge in [0.15, 0.2) is 0 Å². The number of piperidine rings is 1. The molecule has 0 spiro atoms. The van der Waals surface area contributed by atoms with Crippen LogP contribution in [0.1, 0.15) is 29.9 Å². The van der Waals surface area contributed by atoms with Crippen LogP contribution < -0.4 is 16.5 Å². The SMILES string of the molecule is NC(=O)Nn1cc2c3c(cccc31)[C@H]1CCCN[C@@H]1C2.[LiH]. The fourth-order valence-electron chi connectivity index (χ4n) is 3.85. The normalized spacial score (nSPS) is 23.2. The van der Waals surface area contributed by atoms with Gasteiger partial charge < -0.3 is 11.1 Å². The molecule has 21 heavy (non-hydrogen) atoms. The zero-order chi connectivity index (χ0) is 13.7. The maximum atomic E-state index is 11.1. The number of benzene rings is 1. The third-order valence-electron chi connectivity index (χ3n) is 4.59. The molecule has 1 aliphatic heterocycles. The van der Waals surface area contributed by atoms with Gasteiger partial charge in [-0.3, -0.25) is 4.68 Å². The summed E-state index contributed by atoms with van der Waals surface area (Å²) in [6.45, 7) is 1.10. The number of urea groups is 1. The van der Waals surface area contributed by atoms with Crippen molar-refractivity contribution < 1.29 is 4.79 Å². The topological polar surface area (TPSA) is 72.1 Å². The summed E-state index contributed by atoms with van der Waals surface area (Å²) in [4.78, 5) is 11.1. The van der Waals surface area contributed by atoms with Gasteiger partial charge in [0, 0.05) is 23.5 Å². The third-order valence-corrected chi connectivity index (χ3v) is 4.59. The molecule has 1 fully saturated rings. The molecule has 2 aromatic rings. The molecule has 4 rings (SSSR count). The third kappa shape index (κ3) is 2.26. The molecule has 1 aromatic heterocycles. The Morgan fingerprint density at radius 3 is 3.10 bits per heavy atom. The summed E-state index contributed by atoms with van der Waals surface area (Å²) in [5.41, 5.74) is 11.7. The van der Waals surface area contributed by atoms with Gasteiger partial charge in [-0.1, -0.05) is 12.1 Å². The minimum absolute atomic E-state index is 0. The summed E-state index contributed by atoms with van der Waals surface area (Å²) in [5.74, 6) is 0.587. The second-order valence-corrected chi connectivity index (χ2v) is 5.76. The number of primary amides is 1. The van der Waals surface area contributed by atoms with E-state index in [4.69, 9.17) is 5.73 Å². The minimum atomic E-state index is -0.534. The number of amides is 2. The van der Waals surface area contributed by atoms with Crippen molar-refractivity contribution in [2.75, 3.05) is 12.0 Å². The van der Waals surface area contributed by atoms with Crippen LogP contribution in [-0.4, -0.2) is 42.2 Å². The number of rotatable bonds is 1. The summed E-state index contributed by atoms with van der Waals surface area (Å²) in [7, 11) is 0. The van der Waals surface area contributed by atoms with Gasteiger partial charge in [-0.2, -0.15) is 0 Å². The molecule has 4 N–H and O–H groups in total. The predicted molar refractivity (Wildman–Crippen MR) is 85.5 cm³/mol. The van der Waals surface area contributed by atoms with Crippen molar-refractivity contribution in [2.45, 2.75) is 31.2 Å². The van der Waals surface area contributed by atoms with Gasteiger partial charge >= 0.3 is 24.9 Å². The number of carbonyl (C=O) groups is 1. The summed E-state index contributed by atoms with van der Waals surface area (Å²) in [6, 6.07) is 6.32. The Labute approximate surface area is 135 Å². The van der Waals surface area contributed by atoms with Gasteiger partial charge in [0.05, 0.1) is 5.52 Å². The first-order chi connectivity index (χ1) is 9.74. The van der Waals surface area contributed by atoms with Crippen molar-refractivity contribution in [1.82, 2.24) is 9.99 Å². The molecule has 2 aliphatic rings. The monoisotopic (exact) mass is 278 g/mol. The van der Waals surface area contributed by atoms with E-state index in [1.165, 1.54) is 29.4 Å². The second-order valence-electron chi connectivity index (χ2n) is 5.76. The molecule has 0 saturated carbocycles. The predicted octanol–water partition coefficient (Wildman–Crippen LogP) is 1.01. The Bertz CT molecular complexity index is 696. The maximum absolute atomic E-state index is 11.1.